The second-order valence-electron chi connectivity index (χ2n) is 9.69. The minimum absolute atomic E-state index is 0.153. The Morgan fingerprint density at radius 1 is 0.568 bits per heavy atom. The Morgan fingerprint density at radius 3 is 1.43 bits per heavy atom. The van der Waals surface area contributed by atoms with Crippen molar-refractivity contribution in [2.45, 2.75) is 110 Å². The van der Waals surface area contributed by atoms with E-state index in [4.69, 9.17) is 42.6 Å². The summed E-state index contributed by atoms with van der Waals surface area (Å²) in [6, 6.07) is 0. The van der Waals surface area contributed by atoms with Gasteiger partial charge in [-0.25, -0.2) is 0 Å². The number of hydrogen-bond acceptors (Lipinski definition) is 18. The van der Waals surface area contributed by atoms with E-state index < -0.39 is 104 Å². The third-order valence-corrected chi connectivity index (χ3v) is 6.79. The Morgan fingerprint density at radius 2 is 0.977 bits per heavy atom. The maximum Gasteiger partial charge on any atom is 0.303 e. The van der Waals surface area contributed by atoms with Crippen LogP contribution in [0.3, 0.4) is 0 Å². The molecule has 17 nitrogen and oxygen atoms in total. The summed E-state index contributed by atoms with van der Waals surface area (Å²) in [7, 11) is 0. The van der Waals surface area contributed by atoms with Gasteiger partial charge in [-0.3, -0.25) is 33.6 Å². The lowest BCUT2D eigenvalue weighted by molar-refractivity contribution is -0.374. The van der Waals surface area contributed by atoms with Gasteiger partial charge in [0.05, 0.1) is 6.10 Å². The van der Waals surface area contributed by atoms with Crippen LogP contribution >= 0.6 is 11.8 Å². The fourth-order valence-corrected chi connectivity index (χ4v) is 5.09. The van der Waals surface area contributed by atoms with Crippen LogP contribution in [0.2, 0.25) is 0 Å². The zero-order chi connectivity index (χ0) is 33.3. The van der Waals surface area contributed by atoms with E-state index >= 15 is 0 Å². The summed E-state index contributed by atoms with van der Waals surface area (Å²) in [5, 5.41) is 10.6. The Kier molecular flexibility index (Phi) is 14.0. The van der Waals surface area contributed by atoms with E-state index in [1.165, 1.54) is 6.92 Å². The first-order valence-electron chi connectivity index (χ1n) is 13.3. The van der Waals surface area contributed by atoms with Crippen molar-refractivity contribution in [2.24, 2.45) is 0 Å². The number of aliphatic hydroxyl groups excluding tert-OH is 1. The Bertz CT molecular complexity index is 1090. The highest BCUT2D eigenvalue weighted by Gasteiger charge is 2.56. The minimum atomic E-state index is -1.77. The number of carbonyl (C=O) groups excluding carboxylic acids is 7. The lowest BCUT2D eigenvalue weighted by Gasteiger charge is -2.47. The van der Waals surface area contributed by atoms with E-state index in [1.807, 2.05) is 0 Å². The molecule has 1 N–H and O–H groups in total. The Hall–Kier alpha value is -3.32. The van der Waals surface area contributed by atoms with E-state index in [1.54, 1.807) is 0 Å². The van der Waals surface area contributed by atoms with Crippen LogP contribution in [-0.2, 0) is 76.2 Å². The third kappa shape index (κ3) is 11.0. The molecule has 0 radical (unpaired) electrons. The van der Waals surface area contributed by atoms with Crippen LogP contribution in [0.15, 0.2) is 0 Å². The van der Waals surface area contributed by atoms with Gasteiger partial charge in [0.25, 0.3) is 0 Å². The molecule has 248 valence electrons. The molecule has 2 fully saturated rings. The summed E-state index contributed by atoms with van der Waals surface area (Å²) >= 11 is 0.775. The van der Waals surface area contributed by atoms with Crippen LogP contribution < -0.4 is 0 Å². The summed E-state index contributed by atoms with van der Waals surface area (Å²) in [6.45, 7) is 7.00. The molecule has 10 atom stereocenters. The van der Waals surface area contributed by atoms with Gasteiger partial charge in [0.2, 0.25) is 12.6 Å². The van der Waals surface area contributed by atoms with Crippen molar-refractivity contribution >= 4 is 52.7 Å². The molecule has 18 heteroatoms. The number of carbonyl (C=O) groups is 7. The molecule has 0 bridgehead atoms. The smallest absolute Gasteiger partial charge is 0.303 e. The number of hydrogen-bond donors (Lipinski definition) is 1. The van der Waals surface area contributed by atoms with Gasteiger partial charge in [-0.15, -0.1) is 0 Å². The molecule has 0 aliphatic carbocycles. The van der Waals surface area contributed by atoms with Crippen molar-refractivity contribution < 1.29 is 81.3 Å². The van der Waals surface area contributed by atoms with Gasteiger partial charge in [0, 0.05) is 54.2 Å². The van der Waals surface area contributed by atoms with Gasteiger partial charge in [-0.05, 0) is 0 Å². The van der Waals surface area contributed by atoms with Crippen molar-refractivity contribution in [2.75, 3.05) is 12.4 Å². The molecular weight excluding hydrogens is 616 g/mol. The number of rotatable bonds is 11. The van der Waals surface area contributed by atoms with Crippen LogP contribution in [0.5, 0.6) is 0 Å². The lowest BCUT2D eigenvalue weighted by atomic mass is 9.97. The second-order valence-corrected chi connectivity index (χ2v) is 10.9. The second kappa shape index (κ2) is 16.7. The predicted molar refractivity (Wildman–Crippen MR) is 142 cm³/mol. The monoisotopic (exact) mass is 652 g/mol. The zero-order valence-electron chi connectivity index (χ0n) is 25.1. The van der Waals surface area contributed by atoms with E-state index in [2.05, 4.69) is 0 Å². The van der Waals surface area contributed by atoms with Gasteiger partial charge in [-0.1, -0.05) is 11.8 Å². The molecule has 0 aromatic rings. The predicted octanol–water partition coefficient (Wildman–Crippen LogP) is -0.685. The summed E-state index contributed by atoms with van der Waals surface area (Å²) in [4.78, 5) is 83.5. The molecular formula is C26H36O17S. The van der Waals surface area contributed by atoms with Crippen molar-refractivity contribution in [3.05, 3.63) is 0 Å². The summed E-state index contributed by atoms with van der Waals surface area (Å²) in [6.07, 6.45) is -15.7. The van der Waals surface area contributed by atoms with E-state index in [-0.39, 0.29) is 10.9 Å². The van der Waals surface area contributed by atoms with Crippen LogP contribution in [-0.4, -0.2) is 120 Å². The summed E-state index contributed by atoms with van der Waals surface area (Å²) in [5.41, 5.74) is 0. The third-order valence-electron chi connectivity index (χ3n) is 5.89. The molecule has 0 unspecified atom stereocenters. The molecule has 2 rings (SSSR count). The van der Waals surface area contributed by atoms with Crippen molar-refractivity contribution in [3.63, 3.8) is 0 Å². The van der Waals surface area contributed by atoms with E-state index in [0.717, 1.165) is 53.3 Å². The molecule has 2 aliphatic rings. The molecule has 2 aliphatic heterocycles. The average molecular weight is 653 g/mol. The molecule has 2 heterocycles. The Balaban J connectivity index is 2.61. The standard InChI is InChI=1S/C26H36O17S/c1-10(27)35-8-17-20(36-11(2)28)22(38-13(4)30)24(40-15(6)32)26(41-17)43-25-23(39-14(5)31)21(37-12(3)29)19(34)18(42-25)9-44-16(7)33/h17-26,34H,8-9H2,1-7H3/t17-,18-,19-,20-,21+,22+,23-,24-,25-,26-/m1/s1. The Labute approximate surface area is 256 Å². The van der Waals surface area contributed by atoms with Crippen LogP contribution in [0.4, 0.5) is 0 Å². The van der Waals surface area contributed by atoms with Crippen LogP contribution in [0.1, 0.15) is 48.5 Å². The van der Waals surface area contributed by atoms with E-state index in [9.17, 15) is 38.7 Å². The maximum atomic E-state index is 12.2. The van der Waals surface area contributed by atoms with Crippen molar-refractivity contribution in [1.82, 2.24) is 0 Å². The molecule has 0 aromatic heterocycles. The molecule has 0 spiro atoms. The first-order chi connectivity index (χ1) is 20.5. The van der Waals surface area contributed by atoms with Crippen LogP contribution in [0.25, 0.3) is 0 Å². The largest absolute Gasteiger partial charge is 0.463 e. The van der Waals surface area contributed by atoms with Crippen molar-refractivity contribution in [3.8, 4) is 0 Å². The molecule has 0 aromatic carbocycles. The maximum absolute atomic E-state index is 12.2. The highest BCUT2D eigenvalue weighted by atomic mass is 32.2. The normalized spacial score (nSPS) is 31.5. The quantitative estimate of drug-likeness (QED) is 0.215. The highest BCUT2D eigenvalue weighted by molar-refractivity contribution is 8.13. The van der Waals surface area contributed by atoms with E-state index in [0.29, 0.717) is 0 Å². The number of ether oxygens (including phenoxy) is 9. The van der Waals surface area contributed by atoms with Crippen LogP contribution in [0, 0.1) is 0 Å². The van der Waals surface area contributed by atoms with Gasteiger partial charge >= 0.3 is 35.8 Å². The zero-order valence-corrected chi connectivity index (χ0v) is 25.9. The lowest BCUT2D eigenvalue weighted by Crippen LogP contribution is -2.66. The molecule has 44 heavy (non-hydrogen) atoms. The van der Waals surface area contributed by atoms with Gasteiger partial charge in [0.15, 0.2) is 35.6 Å². The van der Waals surface area contributed by atoms with Gasteiger partial charge in [-0.2, -0.15) is 0 Å². The number of esters is 6. The average Bonchev–Trinajstić information content (AvgIpc) is 2.87. The summed E-state index contributed by atoms with van der Waals surface area (Å²) < 4.78 is 49.4. The minimum Gasteiger partial charge on any atom is -0.463 e. The topological polar surface area (TPSA) is 223 Å². The SMILES string of the molecule is CC(=O)OC[C@H]1O[C@H](O[C@H]2O[C@H](CSC(C)=O)[C@@H](O)[C@H](OC(C)=O)[C@H]2OC(C)=O)[C@H](OC(C)=O)[C@@H](OC(C)=O)[C@@H]1OC(C)=O. The highest BCUT2D eigenvalue weighted by Crippen LogP contribution is 2.35. The molecule has 0 saturated carbocycles. The van der Waals surface area contributed by atoms with Crippen molar-refractivity contribution in [1.29, 1.82) is 0 Å². The first kappa shape index (κ1) is 36.9. The first-order valence-corrected chi connectivity index (χ1v) is 14.3. The number of thioether (sulfide) groups is 1. The van der Waals surface area contributed by atoms with Gasteiger partial charge in [0.1, 0.15) is 18.8 Å². The molecule has 2 saturated heterocycles. The fraction of sp³-hybridized carbons (Fsp3) is 0.731. The fourth-order valence-electron chi connectivity index (χ4n) is 4.41. The van der Waals surface area contributed by atoms with Gasteiger partial charge < -0.3 is 47.7 Å². The molecule has 0 amide bonds. The summed E-state index contributed by atoms with van der Waals surface area (Å²) in [5.74, 6) is -5.30. The number of aliphatic hydroxyl groups is 1.